The molecule has 0 spiro atoms. The van der Waals surface area contributed by atoms with Gasteiger partial charge in [0.05, 0.1) is 24.5 Å². The van der Waals surface area contributed by atoms with Crippen molar-refractivity contribution in [2.24, 2.45) is 0 Å². The van der Waals surface area contributed by atoms with Crippen LogP contribution in [0.5, 0.6) is 5.75 Å². The van der Waals surface area contributed by atoms with E-state index in [0.29, 0.717) is 0 Å². The number of methoxy groups -OCH3 is 1. The standard InChI is InChI=1S/C20H20N4O2/c1-12(25)23-13-7-8-17(23)15-11-21-20-10-16(22-24(20)18(15)9-13)14-5-3-4-6-19(14)26-2/h3-6,10-11,13,17H,7-9H2,1-2H3/t13-,17+/m0/s1. The van der Waals surface area contributed by atoms with Crippen molar-refractivity contribution >= 4 is 11.6 Å². The number of fused-ring (bicyclic) bond motifs is 6. The molecule has 132 valence electrons. The van der Waals surface area contributed by atoms with E-state index in [2.05, 4.69) is 4.98 Å². The molecule has 0 unspecified atom stereocenters. The first-order valence-electron chi connectivity index (χ1n) is 8.97. The van der Waals surface area contributed by atoms with Gasteiger partial charge in [-0.25, -0.2) is 9.50 Å². The predicted molar refractivity (Wildman–Crippen MR) is 97.0 cm³/mol. The molecular formula is C20H20N4O2. The van der Waals surface area contributed by atoms with E-state index in [4.69, 9.17) is 9.84 Å². The van der Waals surface area contributed by atoms with Crippen molar-refractivity contribution in [2.75, 3.05) is 7.11 Å². The third-order valence-electron chi connectivity index (χ3n) is 5.65. The van der Waals surface area contributed by atoms with E-state index in [0.717, 1.165) is 47.5 Å². The van der Waals surface area contributed by atoms with Crippen LogP contribution in [0.2, 0.25) is 0 Å². The zero-order valence-corrected chi connectivity index (χ0v) is 14.8. The topological polar surface area (TPSA) is 59.7 Å². The molecule has 3 aromatic rings. The highest BCUT2D eigenvalue weighted by Crippen LogP contribution is 2.43. The first kappa shape index (κ1) is 15.4. The third kappa shape index (κ3) is 2.08. The van der Waals surface area contributed by atoms with E-state index in [-0.39, 0.29) is 18.0 Å². The predicted octanol–water partition coefficient (Wildman–Crippen LogP) is 3.01. The third-order valence-corrected chi connectivity index (χ3v) is 5.65. The monoisotopic (exact) mass is 348 g/mol. The van der Waals surface area contributed by atoms with E-state index in [1.165, 1.54) is 5.69 Å². The van der Waals surface area contributed by atoms with Crippen LogP contribution in [0.1, 0.15) is 37.1 Å². The molecule has 26 heavy (non-hydrogen) atoms. The van der Waals surface area contributed by atoms with Gasteiger partial charge in [0.25, 0.3) is 0 Å². The highest BCUT2D eigenvalue weighted by atomic mass is 16.5. The Labute approximate surface area is 151 Å². The van der Waals surface area contributed by atoms with Crippen molar-refractivity contribution in [2.45, 2.75) is 38.3 Å². The molecule has 6 heteroatoms. The second-order valence-electron chi connectivity index (χ2n) is 7.04. The Morgan fingerprint density at radius 3 is 2.92 bits per heavy atom. The Balaban J connectivity index is 1.66. The summed E-state index contributed by atoms with van der Waals surface area (Å²) in [6.07, 6.45) is 4.81. The second-order valence-corrected chi connectivity index (χ2v) is 7.04. The van der Waals surface area contributed by atoms with Crippen LogP contribution in [0.15, 0.2) is 36.5 Å². The Bertz CT molecular complexity index is 1030. The van der Waals surface area contributed by atoms with Crippen molar-refractivity contribution in [1.29, 1.82) is 0 Å². The number of para-hydroxylation sites is 1. The Morgan fingerprint density at radius 1 is 1.27 bits per heavy atom. The molecule has 0 N–H and O–H groups in total. The summed E-state index contributed by atoms with van der Waals surface area (Å²) in [5, 5.41) is 4.84. The zero-order valence-electron chi connectivity index (χ0n) is 14.8. The molecule has 0 radical (unpaired) electrons. The van der Waals surface area contributed by atoms with E-state index < -0.39 is 0 Å². The minimum Gasteiger partial charge on any atom is -0.496 e. The average Bonchev–Trinajstić information content (AvgIpc) is 3.23. The maximum absolute atomic E-state index is 12.1. The van der Waals surface area contributed by atoms with Crippen LogP contribution in [0, 0.1) is 0 Å². The number of aromatic nitrogens is 3. The maximum Gasteiger partial charge on any atom is 0.220 e. The fourth-order valence-corrected chi connectivity index (χ4v) is 4.55. The summed E-state index contributed by atoms with van der Waals surface area (Å²) in [5.41, 5.74) is 4.96. The van der Waals surface area contributed by atoms with Gasteiger partial charge in [0, 0.05) is 42.8 Å². The van der Waals surface area contributed by atoms with Crippen molar-refractivity contribution in [3.05, 3.63) is 47.8 Å². The molecule has 2 aliphatic rings. The molecule has 5 rings (SSSR count). The van der Waals surface area contributed by atoms with Gasteiger partial charge in [-0.2, -0.15) is 5.10 Å². The largest absolute Gasteiger partial charge is 0.496 e. The van der Waals surface area contributed by atoms with Crippen LogP contribution < -0.4 is 4.74 Å². The van der Waals surface area contributed by atoms with Gasteiger partial charge in [0.1, 0.15) is 5.75 Å². The van der Waals surface area contributed by atoms with Gasteiger partial charge in [-0.3, -0.25) is 4.79 Å². The number of amides is 1. The molecule has 2 atom stereocenters. The Kier molecular flexibility index (Phi) is 3.29. The lowest BCUT2D eigenvalue weighted by Gasteiger charge is -2.35. The van der Waals surface area contributed by atoms with Gasteiger partial charge in [0.2, 0.25) is 5.91 Å². The molecule has 1 fully saturated rings. The Morgan fingerprint density at radius 2 is 2.12 bits per heavy atom. The summed E-state index contributed by atoms with van der Waals surface area (Å²) in [6, 6.07) is 10.3. The minimum atomic E-state index is 0.136. The van der Waals surface area contributed by atoms with Gasteiger partial charge < -0.3 is 9.64 Å². The zero-order chi connectivity index (χ0) is 17.8. The summed E-state index contributed by atoms with van der Waals surface area (Å²) in [5.74, 6) is 0.950. The number of benzene rings is 1. The van der Waals surface area contributed by atoms with Gasteiger partial charge in [-0.1, -0.05) is 12.1 Å². The highest BCUT2D eigenvalue weighted by molar-refractivity contribution is 5.75. The van der Waals surface area contributed by atoms with Crippen molar-refractivity contribution in [1.82, 2.24) is 19.5 Å². The van der Waals surface area contributed by atoms with Crippen molar-refractivity contribution in [3.8, 4) is 17.0 Å². The summed E-state index contributed by atoms with van der Waals surface area (Å²) < 4.78 is 7.44. The summed E-state index contributed by atoms with van der Waals surface area (Å²) in [4.78, 5) is 18.7. The number of nitrogens with zero attached hydrogens (tertiary/aromatic N) is 4. The second kappa shape index (κ2) is 5.56. The molecule has 1 saturated heterocycles. The van der Waals surface area contributed by atoms with Crippen LogP contribution in [0.25, 0.3) is 16.9 Å². The fourth-order valence-electron chi connectivity index (χ4n) is 4.55. The lowest BCUT2D eigenvalue weighted by Crippen LogP contribution is -2.41. The van der Waals surface area contributed by atoms with Crippen LogP contribution in [-0.2, 0) is 11.2 Å². The van der Waals surface area contributed by atoms with Gasteiger partial charge in [0.15, 0.2) is 5.65 Å². The van der Waals surface area contributed by atoms with Gasteiger partial charge in [-0.15, -0.1) is 0 Å². The molecule has 1 aromatic carbocycles. The van der Waals surface area contributed by atoms with Crippen molar-refractivity contribution < 1.29 is 9.53 Å². The molecule has 0 aliphatic carbocycles. The number of hydrogen-bond acceptors (Lipinski definition) is 4. The number of ether oxygens (including phenoxy) is 1. The number of carbonyl (C=O) groups is 1. The average molecular weight is 348 g/mol. The van der Waals surface area contributed by atoms with Gasteiger partial charge in [-0.05, 0) is 25.0 Å². The van der Waals surface area contributed by atoms with Gasteiger partial charge >= 0.3 is 0 Å². The molecular weight excluding hydrogens is 328 g/mol. The van der Waals surface area contributed by atoms with Crippen LogP contribution in [0.4, 0.5) is 0 Å². The lowest BCUT2D eigenvalue weighted by atomic mass is 9.99. The van der Waals surface area contributed by atoms with E-state index in [1.807, 2.05) is 45.9 Å². The minimum absolute atomic E-state index is 0.136. The molecule has 1 amide bonds. The first-order valence-corrected chi connectivity index (χ1v) is 8.97. The fraction of sp³-hybridized carbons (Fsp3) is 0.350. The number of hydrogen-bond donors (Lipinski definition) is 0. The molecule has 4 heterocycles. The smallest absolute Gasteiger partial charge is 0.220 e. The number of carbonyl (C=O) groups excluding carboxylic acids is 1. The Hall–Kier alpha value is -2.89. The maximum atomic E-state index is 12.1. The van der Waals surface area contributed by atoms with Crippen molar-refractivity contribution in [3.63, 3.8) is 0 Å². The van der Waals surface area contributed by atoms with E-state index in [9.17, 15) is 4.79 Å². The molecule has 0 saturated carbocycles. The SMILES string of the molecule is COc1ccccc1-c1cc2ncc3c(n2n1)C[C@@H]1CC[C@H]3N1C(C)=O. The summed E-state index contributed by atoms with van der Waals surface area (Å²) in [7, 11) is 1.67. The number of rotatable bonds is 2. The highest BCUT2D eigenvalue weighted by Gasteiger charge is 2.42. The lowest BCUT2D eigenvalue weighted by molar-refractivity contribution is -0.132. The normalized spacial score (nSPS) is 21.1. The van der Waals surface area contributed by atoms with E-state index >= 15 is 0 Å². The van der Waals surface area contributed by atoms with E-state index in [1.54, 1.807) is 14.0 Å². The van der Waals surface area contributed by atoms with Crippen LogP contribution in [-0.4, -0.2) is 38.6 Å². The summed E-state index contributed by atoms with van der Waals surface area (Å²) in [6.45, 7) is 1.66. The summed E-state index contributed by atoms with van der Waals surface area (Å²) >= 11 is 0. The van der Waals surface area contributed by atoms with Crippen LogP contribution in [0.3, 0.4) is 0 Å². The van der Waals surface area contributed by atoms with Crippen LogP contribution >= 0.6 is 0 Å². The quantitative estimate of drug-likeness (QED) is 0.714. The molecule has 6 nitrogen and oxygen atoms in total. The molecule has 2 aromatic heterocycles. The first-order chi connectivity index (χ1) is 12.7. The molecule has 2 aliphatic heterocycles. The molecule has 2 bridgehead atoms.